The Morgan fingerprint density at radius 1 is 1.26 bits per heavy atom. The van der Waals surface area contributed by atoms with E-state index in [1.807, 2.05) is 0 Å². The first-order chi connectivity index (χ1) is 9.33. The zero-order valence-corrected chi connectivity index (χ0v) is 10.8. The number of aromatic amines is 1. The molecule has 5 nitrogen and oxygen atoms in total. The number of anilines is 2. The summed E-state index contributed by atoms with van der Waals surface area (Å²) in [5.74, 6) is 0.609. The van der Waals surface area contributed by atoms with E-state index in [1.165, 1.54) is 12.8 Å². The smallest absolute Gasteiger partial charge is 0.126 e. The first-order valence-corrected chi connectivity index (χ1v) is 6.69. The fraction of sp³-hybridized carbons (Fsp3) is 0.357. The zero-order chi connectivity index (χ0) is 13.1. The van der Waals surface area contributed by atoms with Crippen LogP contribution in [0.4, 0.5) is 11.5 Å². The highest BCUT2D eigenvalue weighted by atomic mass is 15.1. The molecule has 1 aromatic heterocycles. The van der Waals surface area contributed by atoms with Crippen molar-refractivity contribution in [2.24, 2.45) is 0 Å². The highest BCUT2D eigenvalue weighted by Gasteiger charge is 2.12. The van der Waals surface area contributed by atoms with E-state index in [1.54, 1.807) is 6.20 Å². The summed E-state index contributed by atoms with van der Waals surface area (Å²) < 4.78 is 0. The van der Waals surface area contributed by atoms with Gasteiger partial charge in [0.15, 0.2) is 0 Å². The van der Waals surface area contributed by atoms with Gasteiger partial charge in [-0.3, -0.25) is 5.10 Å². The molecule has 2 aromatic rings. The summed E-state index contributed by atoms with van der Waals surface area (Å²) in [5.41, 5.74) is 9.00. The van der Waals surface area contributed by atoms with E-state index in [4.69, 9.17) is 5.73 Å². The Labute approximate surface area is 112 Å². The molecule has 100 valence electrons. The van der Waals surface area contributed by atoms with Gasteiger partial charge in [0.2, 0.25) is 0 Å². The van der Waals surface area contributed by atoms with E-state index >= 15 is 0 Å². The monoisotopic (exact) mass is 257 g/mol. The molecule has 0 spiro atoms. The highest BCUT2D eigenvalue weighted by molar-refractivity contribution is 5.74. The van der Waals surface area contributed by atoms with Crippen LogP contribution in [-0.2, 0) is 0 Å². The Morgan fingerprint density at radius 3 is 2.74 bits per heavy atom. The highest BCUT2D eigenvalue weighted by Crippen LogP contribution is 2.25. The number of nitrogens with two attached hydrogens (primary N) is 1. The number of nitrogens with zero attached hydrogens (tertiary/aromatic N) is 1. The van der Waals surface area contributed by atoms with Gasteiger partial charge in [-0.1, -0.05) is 12.1 Å². The summed E-state index contributed by atoms with van der Waals surface area (Å²) in [4.78, 5) is 0. The summed E-state index contributed by atoms with van der Waals surface area (Å²) in [6.07, 6.45) is 4.22. The molecular formula is C14H19N5. The molecule has 1 unspecified atom stereocenters. The van der Waals surface area contributed by atoms with Crippen LogP contribution in [0.15, 0.2) is 30.5 Å². The largest absolute Gasteiger partial charge is 0.384 e. The lowest BCUT2D eigenvalue weighted by molar-refractivity contribution is 0.480. The SMILES string of the molecule is Nc1[nH]ncc1-c1ccc(NC2CCCNC2)cc1. The Hall–Kier alpha value is -2.01. The molecule has 1 atom stereocenters. The van der Waals surface area contributed by atoms with Crippen LogP contribution in [-0.4, -0.2) is 29.3 Å². The van der Waals surface area contributed by atoms with Gasteiger partial charge >= 0.3 is 0 Å². The Balaban J connectivity index is 1.70. The Bertz CT molecular complexity index is 525. The van der Waals surface area contributed by atoms with Crippen LogP contribution in [0, 0.1) is 0 Å². The topological polar surface area (TPSA) is 78.8 Å². The second-order valence-corrected chi connectivity index (χ2v) is 4.96. The maximum Gasteiger partial charge on any atom is 0.126 e. The van der Waals surface area contributed by atoms with E-state index in [-0.39, 0.29) is 0 Å². The number of hydrogen-bond donors (Lipinski definition) is 4. The number of hydrogen-bond acceptors (Lipinski definition) is 4. The van der Waals surface area contributed by atoms with Crippen molar-refractivity contribution < 1.29 is 0 Å². The van der Waals surface area contributed by atoms with Crippen LogP contribution < -0.4 is 16.4 Å². The second-order valence-electron chi connectivity index (χ2n) is 4.96. The van der Waals surface area contributed by atoms with Gasteiger partial charge in [-0.25, -0.2) is 0 Å². The van der Waals surface area contributed by atoms with E-state index in [2.05, 4.69) is 45.1 Å². The number of nitrogen functional groups attached to an aromatic ring is 1. The average molecular weight is 257 g/mol. The molecule has 19 heavy (non-hydrogen) atoms. The number of aromatic nitrogens is 2. The molecule has 5 N–H and O–H groups in total. The van der Waals surface area contributed by atoms with Crippen LogP contribution in [0.1, 0.15) is 12.8 Å². The van der Waals surface area contributed by atoms with Crippen molar-refractivity contribution in [3.8, 4) is 11.1 Å². The van der Waals surface area contributed by atoms with E-state index in [0.717, 1.165) is 29.9 Å². The number of piperidine rings is 1. The lowest BCUT2D eigenvalue weighted by atomic mass is 10.1. The summed E-state index contributed by atoms with van der Waals surface area (Å²) in [7, 11) is 0. The fourth-order valence-corrected chi connectivity index (χ4v) is 2.48. The zero-order valence-electron chi connectivity index (χ0n) is 10.8. The van der Waals surface area contributed by atoms with Crippen LogP contribution in [0.25, 0.3) is 11.1 Å². The standard InChI is InChI=1S/C14H19N5/c15-14-13(9-17-19-14)10-3-5-11(6-4-10)18-12-2-1-7-16-8-12/h3-6,9,12,16,18H,1-2,7-8H2,(H3,15,17,19). The van der Waals surface area contributed by atoms with Crippen molar-refractivity contribution >= 4 is 11.5 Å². The second kappa shape index (κ2) is 5.32. The third kappa shape index (κ3) is 2.71. The van der Waals surface area contributed by atoms with Crippen molar-refractivity contribution in [2.75, 3.05) is 24.1 Å². The molecule has 1 aliphatic rings. The van der Waals surface area contributed by atoms with Gasteiger partial charge in [0.25, 0.3) is 0 Å². The van der Waals surface area contributed by atoms with Gasteiger partial charge in [-0.05, 0) is 37.1 Å². The van der Waals surface area contributed by atoms with Crippen LogP contribution in [0.5, 0.6) is 0 Å². The van der Waals surface area contributed by atoms with E-state index in [0.29, 0.717) is 11.9 Å². The summed E-state index contributed by atoms with van der Waals surface area (Å²) >= 11 is 0. The summed E-state index contributed by atoms with van der Waals surface area (Å²) in [6, 6.07) is 8.85. The minimum absolute atomic E-state index is 0.526. The minimum atomic E-state index is 0.526. The molecule has 0 amide bonds. The molecule has 3 rings (SSSR count). The third-order valence-corrected chi connectivity index (χ3v) is 3.53. The summed E-state index contributed by atoms with van der Waals surface area (Å²) in [5, 5.41) is 13.6. The summed E-state index contributed by atoms with van der Waals surface area (Å²) in [6.45, 7) is 2.17. The molecular weight excluding hydrogens is 238 g/mol. The first kappa shape index (κ1) is 12.0. The predicted molar refractivity (Wildman–Crippen MR) is 78.0 cm³/mol. The van der Waals surface area contributed by atoms with Gasteiger partial charge in [0, 0.05) is 23.8 Å². The number of nitrogens with one attached hydrogen (secondary N) is 3. The van der Waals surface area contributed by atoms with Gasteiger partial charge in [0.05, 0.1) is 6.20 Å². The Kier molecular flexibility index (Phi) is 3.37. The fourth-order valence-electron chi connectivity index (χ4n) is 2.48. The first-order valence-electron chi connectivity index (χ1n) is 6.69. The van der Waals surface area contributed by atoms with Crippen molar-refractivity contribution in [3.05, 3.63) is 30.5 Å². The molecule has 0 radical (unpaired) electrons. The van der Waals surface area contributed by atoms with Gasteiger partial charge in [0.1, 0.15) is 5.82 Å². The maximum atomic E-state index is 5.82. The molecule has 1 aromatic carbocycles. The van der Waals surface area contributed by atoms with Gasteiger partial charge in [-0.15, -0.1) is 0 Å². The Morgan fingerprint density at radius 2 is 2.11 bits per heavy atom. The third-order valence-electron chi connectivity index (χ3n) is 3.53. The van der Waals surface area contributed by atoms with Crippen LogP contribution in [0.2, 0.25) is 0 Å². The quantitative estimate of drug-likeness (QED) is 0.676. The molecule has 0 saturated carbocycles. The molecule has 5 heteroatoms. The molecule has 0 aliphatic carbocycles. The maximum absolute atomic E-state index is 5.82. The van der Waals surface area contributed by atoms with Crippen LogP contribution in [0.3, 0.4) is 0 Å². The molecule has 1 aliphatic heterocycles. The molecule has 1 fully saturated rings. The number of benzene rings is 1. The lowest BCUT2D eigenvalue weighted by Gasteiger charge is -2.24. The van der Waals surface area contributed by atoms with E-state index in [9.17, 15) is 0 Å². The van der Waals surface area contributed by atoms with Crippen molar-refractivity contribution in [3.63, 3.8) is 0 Å². The molecule has 0 bridgehead atoms. The van der Waals surface area contributed by atoms with Gasteiger partial charge < -0.3 is 16.4 Å². The normalized spacial score (nSPS) is 19.3. The lowest BCUT2D eigenvalue weighted by Crippen LogP contribution is -2.38. The van der Waals surface area contributed by atoms with Gasteiger partial charge in [-0.2, -0.15) is 5.10 Å². The van der Waals surface area contributed by atoms with Crippen LogP contribution >= 0.6 is 0 Å². The number of rotatable bonds is 3. The van der Waals surface area contributed by atoms with Crippen molar-refractivity contribution in [1.82, 2.24) is 15.5 Å². The minimum Gasteiger partial charge on any atom is -0.384 e. The van der Waals surface area contributed by atoms with Crippen molar-refractivity contribution in [2.45, 2.75) is 18.9 Å². The van der Waals surface area contributed by atoms with E-state index < -0.39 is 0 Å². The average Bonchev–Trinajstić information content (AvgIpc) is 2.87. The molecule has 1 saturated heterocycles. The number of H-pyrrole nitrogens is 1. The predicted octanol–water partition coefficient (Wildman–Crippen LogP) is 1.82. The van der Waals surface area contributed by atoms with Crippen molar-refractivity contribution in [1.29, 1.82) is 0 Å². The molecule has 2 heterocycles.